The van der Waals surface area contributed by atoms with Crippen molar-refractivity contribution in [2.75, 3.05) is 0 Å². The summed E-state index contributed by atoms with van der Waals surface area (Å²) in [5.41, 5.74) is 0. The summed E-state index contributed by atoms with van der Waals surface area (Å²) in [6.07, 6.45) is 2.11. The van der Waals surface area contributed by atoms with Crippen LogP contribution in [0.15, 0.2) is 0 Å². The highest BCUT2D eigenvalue weighted by Crippen LogP contribution is 2.35. The summed E-state index contributed by atoms with van der Waals surface area (Å²) in [7, 11) is 0. The van der Waals surface area contributed by atoms with Crippen molar-refractivity contribution in [2.45, 2.75) is 32.8 Å². The van der Waals surface area contributed by atoms with Gasteiger partial charge in [-0.3, -0.25) is 0 Å². The molecule has 1 rings (SSSR count). The summed E-state index contributed by atoms with van der Waals surface area (Å²) in [5, 5.41) is 11.0. The number of hydrogen-bond donors (Lipinski definition) is 0. The average molecular weight is 113 g/mol. The maximum Gasteiger partial charge on any atom is 0.0980 e. The monoisotopic (exact) mass is 113 g/mol. The maximum absolute atomic E-state index is 11.0. The Labute approximate surface area is 50.7 Å². The van der Waals surface area contributed by atoms with E-state index in [1.165, 1.54) is 12.8 Å². The molecule has 0 aromatic rings. The molecule has 0 aliphatic heterocycles. The minimum absolute atomic E-state index is 0.269. The van der Waals surface area contributed by atoms with Crippen molar-refractivity contribution in [3.63, 3.8) is 0 Å². The van der Waals surface area contributed by atoms with Gasteiger partial charge in [-0.1, -0.05) is 13.8 Å². The molecule has 0 heterocycles. The van der Waals surface area contributed by atoms with E-state index in [1.54, 1.807) is 0 Å². The Morgan fingerprint density at radius 2 is 1.88 bits per heavy atom. The van der Waals surface area contributed by atoms with Crippen LogP contribution >= 0.6 is 0 Å². The molecule has 1 fully saturated rings. The Bertz CT molecular complexity index is 72.5. The summed E-state index contributed by atoms with van der Waals surface area (Å²) in [4.78, 5) is 0. The van der Waals surface area contributed by atoms with Gasteiger partial charge in [-0.2, -0.15) is 0 Å². The lowest BCUT2D eigenvalue weighted by atomic mass is 10.0. The molecule has 1 atom stereocenters. The molecule has 0 saturated heterocycles. The maximum atomic E-state index is 11.0. The van der Waals surface area contributed by atoms with Crippen LogP contribution in [0.3, 0.4) is 0 Å². The molecule has 0 aromatic carbocycles. The fourth-order valence-electron chi connectivity index (χ4n) is 0.969. The fraction of sp³-hybridized carbons (Fsp3) is 1.00. The van der Waals surface area contributed by atoms with Crippen molar-refractivity contribution in [2.24, 2.45) is 11.8 Å². The van der Waals surface area contributed by atoms with Gasteiger partial charge in [-0.05, 0) is 24.7 Å². The lowest BCUT2D eigenvalue weighted by Crippen LogP contribution is -2.14. The van der Waals surface area contributed by atoms with Gasteiger partial charge >= 0.3 is 0 Å². The molecule has 1 nitrogen and oxygen atoms in total. The highest BCUT2D eigenvalue weighted by molar-refractivity contribution is 4.81. The summed E-state index contributed by atoms with van der Waals surface area (Å²) < 4.78 is 0. The Hall–Kier alpha value is -0.0400. The second kappa shape index (κ2) is 2.06. The van der Waals surface area contributed by atoms with Gasteiger partial charge < -0.3 is 0 Å². The van der Waals surface area contributed by atoms with Gasteiger partial charge in [-0.25, -0.2) is 5.11 Å². The van der Waals surface area contributed by atoms with Gasteiger partial charge in [0.25, 0.3) is 0 Å². The molecule has 1 aliphatic rings. The molecule has 8 heavy (non-hydrogen) atoms. The van der Waals surface area contributed by atoms with Crippen molar-refractivity contribution in [1.82, 2.24) is 0 Å². The van der Waals surface area contributed by atoms with Crippen LogP contribution in [0.5, 0.6) is 0 Å². The van der Waals surface area contributed by atoms with Gasteiger partial charge in [0.05, 0.1) is 6.10 Å². The predicted octanol–water partition coefficient (Wildman–Crippen LogP) is 1.85. The minimum atomic E-state index is -0.269. The Morgan fingerprint density at radius 3 is 2.00 bits per heavy atom. The molecule has 1 unspecified atom stereocenters. The number of hydrogen-bond acceptors (Lipinski definition) is 0. The standard InChI is InChI=1S/C7H13O/c1-5(2)7(8)6-3-4-6/h5-7H,3-4H2,1-2H3. The molecule has 1 heteroatoms. The zero-order chi connectivity index (χ0) is 6.15. The van der Waals surface area contributed by atoms with E-state index in [2.05, 4.69) is 0 Å². The molecule has 0 amide bonds. The molecular formula is C7H13O. The van der Waals surface area contributed by atoms with Crippen LogP contribution in [-0.4, -0.2) is 6.10 Å². The van der Waals surface area contributed by atoms with Crippen molar-refractivity contribution in [1.29, 1.82) is 0 Å². The SMILES string of the molecule is CC(C)C([O])C1CC1. The second-order valence-corrected chi connectivity index (χ2v) is 3.05. The van der Waals surface area contributed by atoms with Crippen molar-refractivity contribution >= 4 is 0 Å². The largest absolute Gasteiger partial charge is 0.233 e. The topological polar surface area (TPSA) is 19.9 Å². The van der Waals surface area contributed by atoms with E-state index < -0.39 is 0 Å². The van der Waals surface area contributed by atoms with E-state index in [0.29, 0.717) is 11.8 Å². The molecule has 0 bridgehead atoms. The van der Waals surface area contributed by atoms with E-state index in [4.69, 9.17) is 0 Å². The third kappa shape index (κ3) is 1.22. The molecule has 0 aromatic heterocycles. The summed E-state index contributed by atoms with van der Waals surface area (Å²) in [6.45, 7) is 4.02. The van der Waals surface area contributed by atoms with Gasteiger partial charge in [0, 0.05) is 0 Å². The molecule has 1 saturated carbocycles. The molecule has 1 aliphatic carbocycles. The summed E-state index contributed by atoms with van der Waals surface area (Å²) >= 11 is 0. The van der Waals surface area contributed by atoms with E-state index in [9.17, 15) is 5.11 Å². The van der Waals surface area contributed by atoms with E-state index in [-0.39, 0.29) is 6.10 Å². The minimum Gasteiger partial charge on any atom is -0.233 e. The van der Waals surface area contributed by atoms with Crippen LogP contribution < -0.4 is 0 Å². The van der Waals surface area contributed by atoms with Gasteiger partial charge in [0.15, 0.2) is 0 Å². The first kappa shape index (κ1) is 6.09. The van der Waals surface area contributed by atoms with E-state index >= 15 is 0 Å². The van der Waals surface area contributed by atoms with Gasteiger partial charge in [-0.15, -0.1) is 0 Å². The summed E-state index contributed by atoms with van der Waals surface area (Å²) in [6, 6.07) is 0. The van der Waals surface area contributed by atoms with Crippen LogP contribution in [0.4, 0.5) is 0 Å². The molecule has 47 valence electrons. The predicted molar refractivity (Wildman–Crippen MR) is 32.0 cm³/mol. The van der Waals surface area contributed by atoms with Crippen LogP contribution in [0.25, 0.3) is 0 Å². The molecular weight excluding hydrogens is 100 g/mol. The molecule has 0 N–H and O–H groups in total. The van der Waals surface area contributed by atoms with Crippen molar-refractivity contribution < 1.29 is 5.11 Å². The Kier molecular flexibility index (Phi) is 1.57. The zero-order valence-electron chi connectivity index (χ0n) is 5.55. The quantitative estimate of drug-likeness (QED) is 0.521. The fourth-order valence-corrected chi connectivity index (χ4v) is 0.969. The molecule has 0 spiro atoms. The Morgan fingerprint density at radius 1 is 1.38 bits per heavy atom. The van der Waals surface area contributed by atoms with E-state index in [1.807, 2.05) is 13.8 Å². The average Bonchev–Trinajstić information content (AvgIpc) is 2.43. The summed E-state index contributed by atoms with van der Waals surface area (Å²) in [5.74, 6) is 0.887. The first-order valence-electron chi connectivity index (χ1n) is 3.37. The normalized spacial score (nSPS) is 24.0. The van der Waals surface area contributed by atoms with Gasteiger partial charge in [0.1, 0.15) is 0 Å². The van der Waals surface area contributed by atoms with Crippen LogP contribution in [0.1, 0.15) is 26.7 Å². The first-order valence-corrected chi connectivity index (χ1v) is 3.37. The van der Waals surface area contributed by atoms with Crippen LogP contribution in [0.2, 0.25) is 0 Å². The highest BCUT2D eigenvalue weighted by atomic mass is 16.3. The van der Waals surface area contributed by atoms with Crippen LogP contribution in [0, 0.1) is 11.8 Å². The Balaban J connectivity index is 2.22. The van der Waals surface area contributed by atoms with Gasteiger partial charge in [0.2, 0.25) is 0 Å². The lowest BCUT2D eigenvalue weighted by molar-refractivity contribution is 0.0315. The smallest absolute Gasteiger partial charge is 0.0980 e. The third-order valence-electron chi connectivity index (χ3n) is 1.74. The van der Waals surface area contributed by atoms with Crippen molar-refractivity contribution in [3.8, 4) is 0 Å². The van der Waals surface area contributed by atoms with E-state index in [0.717, 1.165) is 0 Å². The van der Waals surface area contributed by atoms with Crippen molar-refractivity contribution in [3.05, 3.63) is 0 Å². The second-order valence-electron chi connectivity index (χ2n) is 3.05. The number of rotatable bonds is 2. The highest BCUT2D eigenvalue weighted by Gasteiger charge is 2.32. The first-order chi connectivity index (χ1) is 3.72. The lowest BCUT2D eigenvalue weighted by Gasteiger charge is -2.08. The van der Waals surface area contributed by atoms with Crippen LogP contribution in [-0.2, 0) is 5.11 Å². The molecule has 1 radical (unpaired) electrons. The third-order valence-corrected chi connectivity index (χ3v) is 1.74. The zero-order valence-corrected chi connectivity index (χ0v) is 5.55.